The number of carbonyl (C=O) groups is 1. The molecule has 0 spiro atoms. The minimum atomic E-state index is -0.340. The Bertz CT molecular complexity index is 1110. The van der Waals surface area contributed by atoms with Gasteiger partial charge in [0.15, 0.2) is 4.96 Å². The van der Waals surface area contributed by atoms with Crippen LogP contribution in [-0.2, 0) is 11.3 Å². The summed E-state index contributed by atoms with van der Waals surface area (Å²) >= 11 is 1.54. The highest BCUT2D eigenvalue weighted by molar-refractivity contribution is 7.15. The second-order valence-electron chi connectivity index (χ2n) is 6.19. The van der Waals surface area contributed by atoms with Gasteiger partial charge in [-0.15, -0.1) is 11.3 Å². The van der Waals surface area contributed by atoms with Crippen LogP contribution in [0.25, 0.3) is 10.6 Å². The predicted molar refractivity (Wildman–Crippen MR) is 94.9 cm³/mol. The van der Waals surface area contributed by atoms with Crippen LogP contribution in [0.2, 0.25) is 0 Å². The van der Waals surface area contributed by atoms with E-state index in [0.717, 1.165) is 27.6 Å². The van der Waals surface area contributed by atoms with Crippen molar-refractivity contribution >= 4 is 22.2 Å². The van der Waals surface area contributed by atoms with Crippen molar-refractivity contribution in [2.75, 3.05) is 0 Å². The monoisotopic (exact) mass is 367 g/mol. The van der Waals surface area contributed by atoms with Gasteiger partial charge in [-0.25, -0.2) is 14.1 Å². The molecule has 0 bridgehead atoms. The molecule has 1 N–H and O–H groups in total. The molecule has 1 atom stereocenters. The molecule has 0 radical (unpaired) electrons. The van der Waals surface area contributed by atoms with Gasteiger partial charge in [-0.2, -0.15) is 5.10 Å². The molecule has 6 nitrogen and oxygen atoms in total. The van der Waals surface area contributed by atoms with Crippen LogP contribution < -0.4 is 5.32 Å². The SMILES string of the molecule is O=C1CC(c2cc(F)ccc2-n2cccn2)c2c(nc3sccn23)CN1. The first-order chi connectivity index (χ1) is 12.7. The fourth-order valence-electron chi connectivity index (χ4n) is 3.57. The van der Waals surface area contributed by atoms with Crippen molar-refractivity contribution in [1.82, 2.24) is 24.5 Å². The van der Waals surface area contributed by atoms with Crippen LogP contribution in [-0.4, -0.2) is 25.1 Å². The molecular formula is C18H14FN5OS. The first-order valence-electron chi connectivity index (χ1n) is 8.21. The number of hydrogen-bond donors (Lipinski definition) is 1. The van der Waals surface area contributed by atoms with Gasteiger partial charge < -0.3 is 5.32 Å². The van der Waals surface area contributed by atoms with Crippen molar-refractivity contribution in [3.8, 4) is 5.69 Å². The van der Waals surface area contributed by atoms with Gasteiger partial charge in [0.05, 0.1) is 23.6 Å². The van der Waals surface area contributed by atoms with E-state index in [0.29, 0.717) is 6.54 Å². The Hall–Kier alpha value is -3.00. The number of amides is 1. The van der Waals surface area contributed by atoms with E-state index in [-0.39, 0.29) is 24.1 Å². The maximum atomic E-state index is 14.1. The highest BCUT2D eigenvalue weighted by Crippen LogP contribution is 2.37. The van der Waals surface area contributed by atoms with Crippen LogP contribution in [0.5, 0.6) is 0 Å². The van der Waals surface area contributed by atoms with Gasteiger partial charge in [0, 0.05) is 36.3 Å². The van der Waals surface area contributed by atoms with Crippen molar-refractivity contribution in [1.29, 1.82) is 0 Å². The number of benzene rings is 1. The van der Waals surface area contributed by atoms with Crippen LogP contribution in [0, 0.1) is 5.82 Å². The lowest BCUT2D eigenvalue weighted by Crippen LogP contribution is -2.22. The lowest BCUT2D eigenvalue weighted by molar-refractivity contribution is -0.121. The molecule has 0 aliphatic carbocycles. The Balaban J connectivity index is 1.77. The molecule has 26 heavy (non-hydrogen) atoms. The zero-order valence-electron chi connectivity index (χ0n) is 13.6. The lowest BCUT2D eigenvalue weighted by Gasteiger charge is -2.19. The van der Waals surface area contributed by atoms with E-state index in [9.17, 15) is 9.18 Å². The van der Waals surface area contributed by atoms with Gasteiger partial charge in [0.2, 0.25) is 5.91 Å². The number of carbonyl (C=O) groups excluding carboxylic acids is 1. The Morgan fingerprint density at radius 2 is 2.23 bits per heavy atom. The first kappa shape index (κ1) is 15.3. The van der Waals surface area contributed by atoms with E-state index in [2.05, 4.69) is 15.4 Å². The van der Waals surface area contributed by atoms with Gasteiger partial charge in [0.1, 0.15) is 5.82 Å². The van der Waals surface area contributed by atoms with Gasteiger partial charge in [-0.05, 0) is 29.8 Å². The fourth-order valence-corrected chi connectivity index (χ4v) is 4.31. The highest BCUT2D eigenvalue weighted by atomic mass is 32.1. The smallest absolute Gasteiger partial charge is 0.221 e. The maximum Gasteiger partial charge on any atom is 0.221 e. The van der Waals surface area contributed by atoms with Crippen LogP contribution in [0.3, 0.4) is 0 Å². The minimum absolute atomic E-state index is 0.0762. The Morgan fingerprint density at radius 3 is 3.08 bits per heavy atom. The third-order valence-electron chi connectivity index (χ3n) is 4.66. The Morgan fingerprint density at radius 1 is 1.31 bits per heavy atom. The second-order valence-corrected chi connectivity index (χ2v) is 7.06. The molecule has 0 saturated heterocycles. The van der Waals surface area contributed by atoms with Gasteiger partial charge >= 0.3 is 0 Å². The quantitative estimate of drug-likeness (QED) is 0.593. The van der Waals surface area contributed by atoms with Crippen molar-refractivity contribution < 1.29 is 9.18 Å². The summed E-state index contributed by atoms with van der Waals surface area (Å²) in [6.45, 7) is 0.380. The highest BCUT2D eigenvalue weighted by Gasteiger charge is 2.31. The number of rotatable bonds is 2. The molecule has 1 aliphatic rings. The average molecular weight is 367 g/mol. The predicted octanol–water partition coefficient (Wildman–Crippen LogP) is 2.87. The van der Waals surface area contributed by atoms with Crippen LogP contribution in [0.15, 0.2) is 48.2 Å². The standard InChI is InChI=1S/C18H14FN5OS/c19-11-2-3-15(24-5-1-4-21-24)12(8-11)13-9-16(25)20-10-14-17(13)23-6-7-26-18(23)22-14/h1-8,13H,9-10H2,(H,20,25). The third kappa shape index (κ3) is 2.33. The van der Waals surface area contributed by atoms with Crippen molar-refractivity contribution in [3.63, 3.8) is 0 Å². The minimum Gasteiger partial charge on any atom is -0.350 e. The van der Waals surface area contributed by atoms with E-state index in [4.69, 9.17) is 0 Å². The zero-order valence-corrected chi connectivity index (χ0v) is 14.4. The van der Waals surface area contributed by atoms with Crippen LogP contribution in [0.1, 0.15) is 29.3 Å². The summed E-state index contributed by atoms with van der Waals surface area (Å²) in [5.74, 6) is -0.729. The molecule has 3 aromatic heterocycles. The molecular weight excluding hydrogens is 353 g/mol. The molecule has 1 amide bonds. The van der Waals surface area contributed by atoms with E-state index in [1.807, 2.05) is 28.2 Å². The molecule has 1 unspecified atom stereocenters. The van der Waals surface area contributed by atoms with E-state index in [1.54, 1.807) is 16.9 Å². The van der Waals surface area contributed by atoms with Crippen molar-refractivity contribution in [2.45, 2.75) is 18.9 Å². The van der Waals surface area contributed by atoms with E-state index in [1.165, 1.54) is 23.5 Å². The van der Waals surface area contributed by atoms with Crippen molar-refractivity contribution in [3.05, 3.63) is 71.0 Å². The number of imidazole rings is 1. The van der Waals surface area contributed by atoms with Gasteiger partial charge in [-0.3, -0.25) is 9.20 Å². The normalized spacial score (nSPS) is 17.1. The van der Waals surface area contributed by atoms with Crippen LogP contribution >= 0.6 is 11.3 Å². The molecule has 130 valence electrons. The summed E-state index contributed by atoms with van der Waals surface area (Å²) in [4.78, 5) is 17.8. The lowest BCUT2D eigenvalue weighted by atomic mass is 9.90. The number of thiazole rings is 1. The molecule has 8 heteroatoms. The number of fused-ring (bicyclic) bond motifs is 3. The summed E-state index contributed by atoms with van der Waals surface area (Å²) in [6, 6.07) is 6.42. The fraction of sp³-hybridized carbons (Fsp3) is 0.167. The Kier molecular flexibility index (Phi) is 3.39. The molecule has 0 fully saturated rings. The number of nitrogens with one attached hydrogen (secondary N) is 1. The first-order valence-corrected chi connectivity index (χ1v) is 9.09. The number of halogens is 1. The average Bonchev–Trinajstić information content (AvgIpc) is 3.33. The molecule has 1 aromatic carbocycles. The summed E-state index contributed by atoms with van der Waals surface area (Å²) in [5.41, 5.74) is 3.23. The summed E-state index contributed by atoms with van der Waals surface area (Å²) in [6.07, 6.45) is 5.66. The molecule has 0 saturated carbocycles. The molecule has 4 aromatic rings. The second kappa shape index (κ2) is 5.77. The van der Waals surface area contributed by atoms with Gasteiger partial charge in [-0.1, -0.05) is 0 Å². The summed E-state index contributed by atoms with van der Waals surface area (Å²) in [7, 11) is 0. The number of nitrogens with zero attached hydrogens (tertiary/aromatic N) is 4. The summed E-state index contributed by atoms with van der Waals surface area (Å²) in [5, 5.41) is 9.14. The largest absolute Gasteiger partial charge is 0.350 e. The van der Waals surface area contributed by atoms with Gasteiger partial charge in [0.25, 0.3) is 0 Å². The number of hydrogen-bond acceptors (Lipinski definition) is 4. The topological polar surface area (TPSA) is 64.2 Å². The van der Waals surface area contributed by atoms with Crippen molar-refractivity contribution in [2.24, 2.45) is 0 Å². The molecule has 1 aliphatic heterocycles. The van der Waals surface area contributed by atoms with E-state index >= 15 is 0 Å². The summed E-state index contributed by atoms with van der Waals surface area (Å²) < 4.78 is 17.8. The molecule has 4 heterocycles. The molecule has 5 rings (SSSR count). The maximum absolute atomic E-state index is 14.1. The van der Waals surface area contributed by atoms with E-state index < -0.39 is 0 Å². The van der Waals surface area contributed by atoms with Crippen LogP contribution in [0.4, 0.5) is 4.39 Å². The Labute approximate surface area is 151 Å². The number of aromatic nitrogens is 4. The zero-order chi connectivity index (χ0) is 17.7. The third-order valence-corrected chi connectivity index (χ3v) is 5.42.